The molecule has 1 heterocycles. The first-order valence-corrected chi connectivity index (χ1v) is 5.64. The van der Waals surface area contributed by atoms with Crippen LogP contribution in [0.2, 0.25) is 0 Å². The Kier molecular flexibility index (Phi) is 10.5. The molecule has 19 heavy (non-hydrogen) atoms. The summed E-state index contributed by atoms with van der Waals surface area (Å²) in [5.41, 5.74) is 6.38. The third-order valence-corrected chi connectivity index (χ3v) is 2.82. The number of carbonyl (C=O) groups excluding carboxylic acids is 1. The van der Waals surface area contributed by atoms with Gasteiger partial charge in [-0.15, -0.1) is 24.8 Å². The molecule has 2 atom stereocenters. The second-order valence-electron chi connectivity index (χ2n) is 3.98. The van der Waals surface area contributed by atoms with Crippen molar-refractivity contribution in [1.29, 1.82) is 0 Å². The molecule has 110 valence electrons. The van der Waals surface area contributed by atoms with Crippen molar-refractivity contribution in [3.63, 3.8) is 0 Å². The highest BCUT2D eigenvalue weighted by Crippen LogP contribution is 2.22. The Morgan fingerprint density at radius 3 is 2.68 bits per heavy atom. The van der Waals surface area contributed by atoms with Gasteiger partial charge in [0, 0.05) is 12.3 Å². The van der Waals surface area contributed by atoms with E-state index in [2.05, 4.69) is 10.3 Å². The first kappa shape index (κ1) is 20.3. The second kappa shape index (κ2) is 9.83. The lowest BCUT2D eigenvalue weighted by Gasteiger charge is -2.18. The third kappa shape index (κ3) is 5.63. The monoisotopic (exact) mass is 309 g/mol. The molecule has 0 aromatic carbocycles. The van der Waals surface area contributed by atoms with E-state index in [1.807, 2.05) is 13.8 Å². The molecule has 0 saturated carbocycles. The normalized spacial score (nSPS) is 12.4. The first-order chi connectivity index (χ1) is 8.10. The summed E-state index contributed by atoms with van der Waals surface area (Å²) in [6.45, 7) is 3.95. The topological polar surface area (TPSA) is 77.2 Å². The number of methoxy groups -OCH3 is 1. The number of hydrogen-bond donors (Lipinski definition) is 2. The van der Waals surface area contributed by atoms with Crippen LogP contribution in [0.25, 0.3) is 0 Å². The minimum absolute atomic E-state index is 0. The lowest BCUT2D eigenvalue weighted by molar-refractivity contribution is -0.118. The van der Waals surface area contributed by atoms with Gasteiger partial charge in [-0.3, -0.25) is 9.78 Å². The lowest BCUT2D eigenvalue weighted by Crippen LogP contribution is -2.40. The van der Waals surface area contributed by atoms with Crippen LogP contribution in [0.4, 0.5) is 5.69 Å². The highest BCUT2D eigenvalue weighted by Gasteiger charge is 2.20. The zero-order chi connectivity index (χ0) is 12.8. The largest absolute Gasteiger partial charge is 0.494 e. The average Bonchev–Trinajstić information content (AvgIpc) is 2.37. The highest BCUT2D eigenvalue weighted by atomic mass is 35.5. The van der Waals surface area contributed by atoms with Crippen molar-refractivity contribution in [2.24, 2.45) is 11.7 Å². The predicted molar refractivity (Wildman–Crippen MR) is 81.3 cm³/mol. The summed E-state index contributed by atoms with van der Waals surface area (Å²) in [6, 6.07) is 1.16. The van der Waals surface area contributed by atoms with E-state index in [0.717, 1.165) is 6.42 Å². The number of pyridine rings is 1. The van der Waals surface area contributed by atoms with E-state index in [0.29, 0.717) is 11.4 Å². The maximum atomic E-state index is 11.9. The molecule has 0 spiro atoms. The molecule has 1 amide bonds. The highest BCUT2D eigenvalue weighted by molar-refractivity contribution is 5.95. The van der Waals surface area contributed by atoms with E-state index >= 15 is 0 Å². The van der Waals surface area contributed by atoms with Crippen molar-refractivity contribution < 1.29 is 9.53 Å². The number of ether oxygens (including phenoxy) is 1. The average molecular weight is 310 g/mol. The second-order valence-corrected chi connectivity index (χ2v) is 3.98. The van der Waals surface area contributed by atoms with Crippen LogP contribution in [0.5, 0.6) is 5.75 Å². The molecule has 1 aromatic heterocycles. The van der Waals surface area contributed by atoms with Gasteiger partial charge in [-0.25, -0.2) is 0 Å². The van der Waals surface area contributed by atoms with Crippen molar-refractivity contribution in [2.75, 3.05) is 12.4 Å². The number of amides is 1. The van der Waals surface area contributed by atoms with E-state index in [1.165, 1.54) is 0 Å². The maximum absolute atomic E-state index is 11.9. The summed E-state index contributed by atoms with van der Waals surface area (Å²) in [6.07, 6.45) is 4.00. The molecule has 0 aliphatic rings. The molecule has 0 aliphatic heterocycles. The summed E-state index contributed by atoms with van der Waals surface area (Å²) in [5, 5.41) is 2.72. The number of halogens is 2. The molecule has 0 bridgehead atoms. The molecule has 1 aromatic rings. The van der Waals surface area contributed by atoms with E-state index in [4.69, 9.17) is 10.5 Å². The summed E-state index contributed by atoms with van der Waals surface area (Å²) in [4.78, 5) is 15.8. The summed E-state index contributed by atoms with van der Waals surface area (Å²) >= 11 is 0. The van der Waals surface area contributed by atoms with Gasteiger partial charge in [0.15, 0.2) is 0 Å². The van der Waals surface area contributed by atoms with E-state index in [1.54, 1.807) is 25.6 Å². The Bertz CT molecular complexity index is 391. The van der Waals surface area contributed by atoms with Gasteiger partial charge in [-0.1, -0.05) is 20.3 Å². The third-order valence-electron chi connectivity index (χ3n) is 2.82. The minimum Gasteiger partial charge on any atom is -0.494 e. The number of aromatic nitrogens is 1. The van der Waals surface area contributed by atoms with Crippen LogP contribution in [0.3, 0.4) is 0 Å². The number of anilines is 1. The first-order valence-electron chi connectivity index (χ1n) is 5.64. The molecule has 0 saturated heterocycles. The van der Waals surface area contributed by atoms with Gasteiger partial charge in [0.2, 0.25) is 5.91 Å². The summed E-state index contributed by atoms with van der Waals surface area (Å²) in [5.74, 6) is 0.494. The van der Waals surface area contributed by atoms with E-state index < -0.39 is 6.04 Å². The Labute approximate surface area is 126 Å². The maximum Gasteiger partial charge on any atom is 0.241 e. The van der Waals surface area contributed by atoms with E-state index in [-0.39, 0.29) is 36.6 Å². The van der Waals surface area contributed by atoms with Crippen molar-refractivity contribution in [2.45, 2.75) is 26.3 Å². The standard InChI is InChI=1S/C12H19N3O2.2ClH/c1-4-8(2)11(13)12(16)15-9-7-14-6-5-10(9)17-3;;/h5-8,11H,4,13H2,1-3H3,(H,15,16);2*1H. The van der Waals surface area contributed by atoms with Crippen LogP contribution in [-0.2, 0) is 4.79 Å². The zero-order valence-corrected chi connectivity index (χ0v) is 12.9. The van der Waals surface area contributed by atoms with Gasteiger partial charge >= 0.3 is 0 Å². The Morgan fingerprint density at radius 1 is 1.53 bits per heavy atom. The fourth-order valence-corrected chi connectivity index (χ4v) is 1.38. The number of nitrogens with two attached hydrogens (primary N) is 1. The van der Waals surface area contributed by atoms with Crippen LogP contribution >= 0.6 is 24.8 Å². The van der Waals surface area contributed by atoms with E-state index in [9.17, 15) is 4.79 Å². The minimum atomic E-state index is -0.523. The van der Waals surface area contributed by atoms with Crippen molar-refractivity contribution >= 4 is 36.4 Å². The van der Waals surface area contributed by atoms with Gasteiger partial charge in [-0.05, 0) is 5.92 Å². The number of nitrogens with zero attached hydrogens (tertiary/aromatic N) is 1. The number of carbonyl (C=O) groups is 1. The number of rotatable bonds is 5. The molecule has 0 aliphatic carbocycles. The predicted octanol–water partition coefficient (Wildman–Crippen LogP) is 2.25. The van der Waals surface area contributed by atoms with Crippen LogP contribution in [0.1, 0.15) is 20.3 Å². The lowest BCUT2D eigenvalue weighted by atomic mass is 9.99. The number of hydrogen-bond acceptors (Lipinski definition) is 4. The molecule has 0 radical (unpaired) electrons. The fourth-order valence-electron chi connectivity index (χ4n) is 1.38. The molecule has 3 N–H and O–H groups in total. The van der Waals surface area contributed by atoms with Crippen LogP contribution in [0.15, 0.2) is 18.5 Å². The molecule has 7 heteroatoms. The molecule has 2 unspecified atom stereocenters. The van der Waals surface area contributed by atoms with Gasteiger partial charge in [0.25, 0.3) is 0 Å². The number of nitrogens with one attached hydrogen (secondary N) is 1. The SMILES string of the molecule is CCC(C)C(N)C(=O)Nc1cnccc1OC.Cl.Cl. The van der Waals surface area contributed by atoms with Crippen molar-refractivity contribution in [3.05, 3.63) is 18.5 Å². The van der Waals surface area contributed by atoms with Gasteiger partial charge < -0.3 is 15.8 Å². The fraction of sp³-hybridized carbons (Fsp3) is 0.500. The van der Waals surface area contributed by atoms with Gasteiger partial charge in [0.1, 0.15) is 11.4 Å². The molecular formula is C12H21Cl2N3O2. The van der Waals surface area contributed by atoms with Crippen LogP contribution in [-0.4, -0.2) is 24.0 Å². The van der Waals surface area contributed by atoms with Gasteiger partial charge in [0.05, 0.1) is 19.3 Å². The van der Waals surface area contributed by atoms with Crippen molar-refractivity contribution in [1.82, 2.24) is 4.98 Å². The smallest absolute Gasteiger partial charge is 0.241 e. The van der Waals surface area contributed by atoms with Gasteiger partial charge in [-0.2, -0.15) is 0 Å². The molecular weight excluding hydrogens is 289 g/mol. The van der Waals surface area contributed by atoms with Crippen molar-refractivity contribution in [3.8, 4) is 5.75 Å². The Balaban J connectivity index is 0. The molecule has 0 fully saturated rings. The Morgan fingerprint density at radius 2 is 2.16 bits per heavy atom. The van der Waals surface area contributed by atoms with Crippen LogP contribution in [0, 0.1) is 5.92 Å². The summed E-state index contributed by atoms with van der Waals surface area (Å²) < 4.78 is 5.12. The zero-order valence-electron chi connectivity index (χ0n) is 11.3. The molecule has 5 nitrogen and oxygen atoms in total. The molecule has 1 rings (SSSR count). The quantitative estimate of drug-likeness (QED) is 0.874. The summed E-state index contributed by atoms with van der Waals surface area (Å²) in [7, 11) is 1.54. The Hall–Kier alpha value is -1.04. The van der Waals surface area contributed by atoms with Crippen LogP contribution < -0.4 is 15.8 Å².